The lowest BCUT2D eigenvalue weighted by Gasteiger charge is -2.39. The first-order chi connectivity index (χ1) is 11.0. The van der Waals surface area contributed by atoms with Crippen LogP contribution in [-0.2, 0) is 0 Å². The maximum absolute atomic E-state index is 13.6. The Hall–Kier alpha value is -1.16. The number of hydrogen-bond acceptors (Lipinski definition) is 1. The van der Waals surface area contributed by atoms with Crippen molar-refractivity contribution in [2.75, 3.05) is 20.1 Å². The third-order valence-corrected chi connectivity index (χ3v) is 5.29. The maximum atomic E-state index is 13.6. The topological polar surface area (TPSA) is 3.24 Å². The van der Waals surface area contributed by atoms with Crippen LogP contribution >= 0.6 is 24.0 Å². The normalized spacial score (nSPS) is 22.7. The molecule has 0 aromatic heterocycles. The van der Waals surface area contributed by atoms with Gasteiger partial charge in [0.15, 0.2) is 0 Å². The third kappa shape index (κ3) is 4.27. The average molecular weight is 372 g/mol. The van der Waals surface area contributed by atoms with Gasteiger partial charge >= 0.3 is 0 Å². The van der Waals surface area contributed by atoms with Crippen molar-refractivity contribution in [1.29, 1.82) is 0 Å². The smallest absolute Gasteiger partial charge is 0.123 e. The van der Waals surface area contributed by atoms with Crippen molar-refractivity contribution in [1.82, 2.24) is 4.90 Å². The molecule has 2 aromatic rings. The molecule has 1 saturated heterocycles. The minimum Gasteiger partial charge on any atom is -0.306 e. The van der Waals surface area contributed by atoms with E-state index < -0.39 is 0 Å². The Morgan fingerprint density at radius 1 is 1.08 bits per heavy atom. The van der Waals surface area contributed by atoms with E-state index in [0.29, 0.717) is 0 Å². The molecule has 2 aromatic carbocycles. The summed E-state index contributed by atoms with van der Waals surface area (Å²) in [6, 6.07) is 13.1. The summed E-state index contributed by atoms with van der Waals surface area (Å²) in [7, 11) is 2.07. The lowest BCUT2D eigenvalue weighted by molar-refractivity contribution is 0.184. The fourth-order valence-corrected chi connectivity index (χ4v) is 3.91. The second-order valence-corrected chi connectivity index (χ2v) is 6.80. The van der Waals surface area contributed by atoms with Gasteiger partial charge in [0.2, 0.25) is 0 Å². The van der Waals surface area contributed by atoms with Crippen LogP contribution in [-0.4, -0.2) is 25.0 Å². The highest BCUT2D eigenvalue weighted by Gasteiger charge is 2.34. The van der Waals surface area contributed by atoms with E-state index in [-0.39, 0.29) is 41.3 Å². The molecule has 0 saturated carbocycles. The molecule has 0 amide bonds. The number of likely N-dealkylation sites (tertiary alicyclic amines) is 1. The number of likely N-dealkylation sites (N-methyl/N-ethyl adjacent to an activating group) is 1. The summed E-state index contributed by atoms with van der Waals surface area (Å²) in [6.45, 7) is 1.80. The molecular formula is C19H21Cl2F2N. The minimum atomic E-state index is -0.261. The predicted octanol–water partition coefficient (Wildman–Crippen LogP) is 5.40. The fourth-order valence-electron chi connectivity index (χ4n) is 3.47. The molecule has 1 heterocycles. The predicted molar refractivity (Wildman–Crippen MR) is 97.0 cm³/mol. The van der Waals surface area contributed by atoms with E-state index in [1.807, 2.05) is 6.07 Å². The van der Waals surface area contributed by atoms with Gasteiger partial charge < -0.3 is 4.90 Å². The van der Waals surface area contributed by atoms with Crippen molar-refractivity contribution >= 4 is 24.0 Å². The monoisotopic (exact) mass is 371 g/mol. The summed E-state index contributed by atoms with van der Waals surface area (Å²) < 4.78 is 26.8. The molecule has 0 bridgehead atoms. The molecular weight excluding hydrogens is 351 g/mol. The first-order valence-electron chi connectivity index (χ1n) is 7.88. The molecule has 24 heavy (non-hydrogen) atoms. The summed E-state index contributed by atoms with van der Waals surface area (Å²) in [5.74, 6) is -0.123. The van der Waals surface area contributed by atoms with Crippen LogP contribution in [0.15, 0.2) is 48.5 Å². The highest BCUT2D eigenvalue weighted by atomic mass is 35.5. The summed E-state index contributed by atoms with van der Waals surface area (Å²) >= 11 is 6.73. The highest BCUT2D eigenvalue weighted by molar-refractivity contribution is 6.21. The summed E-state index contributed by atoms with van der Waals surface area (Å²) in [6.07, 6.45) is 0.934. The number of alkyl halides is 1. The van der Waals surface area contributed by atoms with Gasteiger partial charge in [-0.15, -0.1) is 24.0 Å². The quantitative estimate of drug-likeness (QED) is 0.652. The molecule has 1 fully saturated rings. The maximum Gasteiger partial charge on any atom is 0.123 e. The van der Waals surface area contributed by atoms with Crippen LogP contribution < -0.4 is 0 Å². The van der Waals surface area contributed by atoms with Crippen molar-refractivity contribution in [2.24, 2.45) is 5.92 Å². The highest BCUT2D eigenvalue weighted by Crippen LogP contribution is 2.43. The Morgan fingerprint density at radius 2 is 1.79 bits per heavy atom. The van der Waals surface area contributed by atoms with E-state index in [2.05, 4.69) is 11.9 Å². The van der Waals surface area contributed by atoms with Crippen LogP contribution in [0, 0.1) is 17.6 Å². The van der Waals surface area contributed by atoms with Crippen molar-refractivity contribution in [3.05, 3.63) is 71.3 Å². The van der Waals surface area contributed by atoms with Crippen molar-refractivity contribution in [3.63, 3.8) is 0 Å². The summed E-state index contributed by atoms with van der Waals surface area (Å²) in [5.41, 5.74) is 1.90. The van der Waals surface area contributed by atoms with Crippen molar-refractivity contribution in [2.45, 2.75) is 17.7 Å². The second kappa shape index (κ2) is 8.28. The Balaban J connectivity index is 0.00000208. The van der Waals surface area contributed by atoms with E-state index in [4.69, 9.17) is 11.6 Å². The molecule has 1 aliphatic heterocycles. The molecule has 3 atom stereocenters. The Kier molecular flexibility index (Phi) is 6.62. The van der Waals surface area contributed by atoms with Crippen LogP contribution in [0.3, 0.4) is 0 Å². The van der Waals surface area contributed by atoms with Gasteiger partial charge in [-0.1, -0.05) is 24.3 Å². The molecule has 0 radical (unpaired) electrons. The van der Waals surface area contributed by atoms with Crippen LogP contribution in [0.4, 0.5) is 8.78 Å². The number of nitrogens with zero attached hydrogens (tertiary/aromatic N) is 1. The van der Waals surface area contributed by atoms with E-state index in [1.165, 1.54) is 18.2 Å². The van der Waals surface area contributed by atoms with Gasteiger partial charge in [0.05, 0.1) is 5.38 Å². The van der Waals surface area contributed by atoms with Gasteiger partial charge in [0, 0.05) is 12.5 Å². The van der Waals surface area contributed by atoms with Crippen LogP contribution in [0.25, 0.3) is 0 Å². The zero-order valence-corrected chi connectivity index (χ0v) is 15.0. The standard InChI is InChI=1S/C19H20ClF2N.ClH/c1-23-10-9-17(19(20)13-5-7-15(21)8-6-13)18(12-23)14-3-2-4-16(22)11-14;/h2-8,11,17-19H,9-10,12H2,1H3;1H/t17-,18+,19?;/m0./s1. The molecule has 3 rings (SSSR count). The van der Waals surface area contributed by atoms with Crippen LogP contribution in [0.1, 0.15) is 28.8 Å². The Bertz CT molecular complexity index is 663. The van der Waals surface area contributed by atoms with Gasteiger partial charge in [0.1, 0.15) is 11.6 Å². The van der Waals surface area contributed by atoms with E-state index >= 15 is 0 Å². The number of halogens is 4. The fraction of sp³-hybridized carbons (Fsp3) is 0.368. The summed E-state index contributed by atoms with van der Waals surface area (Å²) in [4.78, 5) is 2.25. The van der Waals surface area contributed by atoms with Crippen LogP contribution in [0.5, 0.6) is 0 Å². The lowest BCUT2D eigenvalue weighted by atomic mass is 9.77. The van der Waals surface area contributed by atoms with E-state index in [1.54, 1.807) is 24.3 Å². The van der Waals surface area contributed by atoms with Gasteiger partial charge in [-0.25, -0.2) is 8.78 Å². The molecule has 5 heteroatoms. The molecule has 1 aliphatic rings. The van der Waals surface area contributed by atoms with Crippen molar-refractivity contribution < 1.29 is 8.78 Å². The van der Waals surface area contributed by atoms with Gasteiger partial charge in [-0.2, -0.15) is 0 Å². The first-order valence-corrected chi connectivity index (χ1v) is 8.32. The number of rotatable bonds is 3. The average Bonchev–Trinajstić information content (AvgIpc) is 2.55. The molecule has 0 N–H and O–H groups in total. The molecule has 0 spiro atoms. The van der Waals surface area contributed by atoms with Crippen molar-refractivity contribution in [3.8, 4) is 0 Å². The lowest BCUT2D eigenvalue weighted by Crippen LogP contribution is -2.38. The summed E-state index contributed by atoms with van der Waals surface area (Å²) in [5, 5.41) is -0.211. The zero-order valence-electron chi connectivity index (χ0n) is 13.5. The number of benzene rings is 2. The van der Waals surface area contributed by atoms with E-state index in [0.717, 1.165) is 30.6 Å². The van der Waals surface area contributed by atoms with Gasteiger partial charge in [0.25, 0.3) is 0 Å². The molecule has 130 valence electrons. The molecule has 1 nitrogen and oxygen atoms in total. The number of hydrogen-bond donors (Lipinski definition) is 0. The first kappa shape index (κ1) is 19.2. The minimum absolute atomic E-state index is 0. The number of piperidine rings is 1. The zero-order chi connectivity index (χ0) is 16.4. The SMILES string of the molecule is CN1CC[C@H](C(Cl)c2ccc(F)cc2)[C@@H](c2cccc(F)c2)C1.Cl. The molecule has 1 unspecified atom stereocenters. The second-order valence-electron chi connectivity index (χ2n) is 6.33. The van der Waals surface area contributed by atoms with Gasteiger partial charge in [-0.3, -0.25) is 0 Å². The van der Waals surface area contributed by atoms with E-state index in [9.17, 15) is 8.78 Å². The van der Waals surface area contributed by atoms with Gasteiger partial charge in [-0.05, 0) is 61.3 Å². The molecule has 0 aliphatic carbocycles. The Labute approximate surface area is 153 Å². The largest absolute Gasteiger partial charge is 0.306 e. The third-order valence-electron chi connectivity index (χ3n) is 4.71. The van der Waals surface area contributed by atoms with Crippen LogP contribution in [0.2, 0.25) is 0 Å². The Morgan fingerprint density at radius 3 is 2.46 bits per heavy atom.